The van der Waals surface area contributed by atoms with Gasteiger partial charge in [0.15, 0.2) is 5.69 Å². The van der Waals surface area contributed by atoms with Gasteiger partial charge in [-0.05, 0) is 44.5 Å². The number of nitrogens with zero attached hydrogens (tertiary/aromatic N) is 3. The van der Waals surface area contributed by atoms with E-state index >= 15 is 0 Å². The molecular weight excluding hydrogens is 390 g/mol. The molecule has 31 heavy (non-hydrogen) atoms. The number of para-hydroxylation sites is 3. The Kier molecular flexibility index (Phi) is 7.04. The molecule has 0 spiro atoms. The zero-order valence-electron chi connectivity index (χ0n) is 18.1. The summed E-state index contributed by atoms with van der Waals surface area (Å²) < 4.78 is 5.78. The van der Waals surface area contributed by atoms with E-state index in [1.807, 2.05) is 43.3 Å². The van der Waals surface area contributed by atoms with Gasteiger partial charge in [0, 0.05) is 38.1 Å². The summed E-state index contributed by atoms with van der Waals surface area (Å²) in [5, 5.41) is 10.9. The van der Waals surface area contributed by atoms with Crippen molar-refractivity contribution in [3.8, 4) is 5.75 Å². The number of aromatic amines is 1. The summed E-state index contributed by atoms with van der Waals surface area (Å²) in [5.74, 6) is 0.859. The molecule has 0 unspecified atom stereocenters. The van der Waals surface area contributed by atoms with E-state index in [2.05, 4.69) is 37.4 Å². The fraction of sp³-hybridized carbons (Fsp3) is 0.417. The largest absolute Gasteiger partial charge is 0.492 e. The first-order chi connectivity index (χ1) is 15.3. The van der Waals surface area contributed by atoms with E-state index in [4.69, 9.17) is 4.74 Å². The number of benzene rings is 2. The van der Waals surface area contributed by atoms with Crippen LogP contribution in [0.25, 0.3) is 10.9 Å². The van der Waals surface area contributed by atoms with Crippen molar-refractivity contribution >= 4 is 22.5 Å². The number of hydrogen-bond acceptors (Lipinski definition) is 5. The maximum absolute atomic E-state index is 12.4. The molecule has 0 aliphatic carbocycles. The van der Waals surface area contributed by atoms with Crippen molar-refractivity contribution in [3.63, 3.8) is 0 Å². The Bertz CT molecular complexity index is 994. The van der Waals surface area contributed by atoms with Gasteiger partial charge in [-0.2, -0.15) is 5.10 Å². The molecule has 1 aliphatic rings. The van der Waals surface area contributed by atoms with Crippen molar-refractivity contribution in [2.24, 2.45) is 0 Å². The standard InChI is InChI=1S/C24H31N5O2/c1-2-31-22-12-6-5-11-21(22)29-17-15-28(16-18-29)14-8-7-13-25-24(30)23-19-9-3-4-10-20(19)26-27-23/h3-6,9-12H,2,7-8,13-18H2,1H3,(H,25,30)(H,26,27). The van der Waals surface area contributed by atoms with E-state index in [1.165, 1.54) is 5.69 Å². The van der Waals surface area contributed by atoms with Crippen LogP contribution in [0.3, 0.4) is 0 Å². The number of rotatable bonds is 9. The number of unbranched alkanes of at least 4 members (excludes halogenated alkanes) is 1. The van der Waals surface area contributed by atoms with Crippen molar-refractivity contribution in [1.82, 2.24) is 20.4 Å². The van der Waals surface area contributed by atoms with Crippen LogP contribution in [0.2, 0.25) is 0 Å². The van der Waals surface area contributed by atoms with Gasteiger partial charge in [0.05, 0.1) is 17.8 Å². The van der Waals surface area contributed by atoms with Crippen molar-refractivity contribution in [2.45, 2.75) is 19.8 Å². The molecule has 3 aromatic rings. The number of nitrogens with one attached hydrogen (secondary N) is 2. The normalized spacial score (nSPS) is 14.7. The summed E-state index contributed by atoms with van der Waals surface area (Å²) in [6, 6.07) is 16.0. The third-order valence-electron chi connectivity index (χ3n) is 5.75. The van der Waals surface area contributed by atoms with Crippen LogP contribution in [0, 0.1) is 0 Å². The number of fused-ring (bicyclic) bond motifs is 1. The molecule has 0 bridgehead atoms. The Morgan fingerprint density at radius 2 is 1.84 bits per heavy atom. The molecule has 1 amide bonds. The van der Waals surface area contributed by atoms with E-state index in [1.54, 1.807) is 0 Å². The molecule has 1 aromatic heterocycles. The summed E-state index contributed by atoms with van der Waals surface area (Å²) in [5.41, 5.74) is 2.55. The Labute approximate surface area is 183 Å². The van der Waals surface area contributed by atoms with Crippen LogP contribution >= 0.6 is 0 Å². The van der Waals surface area contributed by atoms with Gasteiger partial charge in [0.25, 0.3) is 5.91 Å². The third kappa shape index (κ3) is 5.17. The average Bonchev–Trinajstić information content (AvgIpc) is 3.24. The second-order valence-corrected chi connectivity index (χ2v) is 7.81. The highest BCUT2D eigenvalue weighted by molar-refractivity contribution is 6.04. The molecule has 7 nitrogen and oxygen atoms in total. The van der Waals surface area contributed by atoms with Crippen molar-refractivity contribution in [3.05, 3.63) is 54.2 Å². The highest BCUT2D eigenvalue weighted by Crippen LogP contribution is 2.28. The smallest absolute Gasteiger partial charge is 0.272 e. The molecule has 7 heteroatoms. The minimum Gasteiger partial charge on any atom is -0.492 e. The molecule has 1 fully saturated rings. The molecule has 1 saturated heterocycles. The maximum atomic E-state index is 12.4. The molecule has 2 N–H and O–H groups in total. The lowest BCUT2D eigenvalue weighted by Gasteiger charge is -2.36. The van der Waals surface area contributed by atoms with E-state index < -0.39 is 0 Å². The number of hydrogen-bond donors (Lipinski definition) is 2. The maximum Gasteiger partial charge on any atom is 0.272 e. The molecule has 0 radical (unpaired) electrons. The van der Waals surface area contributed by atoms with Gasteiger partial charge in [-0.1, -0.05) is 30.3 Å². The molecular formula is C24H31N5O2. The van der Waals surface area contributed by atoms with Crippen LogP contribution in [-0.2, 0) is 0 Å². The first-order valence-electron chi connectivity index (χ1n) is 11.2. The number of carbonyl (C=O) groups is 1. The lowest BCUT2D eigenvalue weighted by Crippen LogP contribution is -2.46. The number of piperazine rings is 1. The second kappa shape index (κ2) is 10.3. The highest BCUT2D eigenvalue weighted by Gasteiger charge is 2.19. The Balaban J connectivity index is 1.16. The predicted molar refractivity (Wildman–Crippen MR) is 124 cm³/mol. The van der Waals surface area contributed by atoms with Gasteiger partial charge in [0.1, 0.15) is 5.75 Å². The topological polar surface area (TPSA) is 73.5 Å². The summed E-state index contributed by atoms with van der Waals surface area (Å²) in [7, 11) is 0. The minimum atomic E-state index is -0.112. The van der Waals surface area contributed by atoms with Crippen LogP contribution in [0.4, 0.5) is 5.69 Å². The van der Waals surface area contributed by atoms with Crippen LogP contribution in [0.15, 0.2) is 48.5 Å². The predicted octanol–water partition coefficient (Wildman–Crippen LogP) is 3.29. The van der Waals surface area contributed by atoms with Crippen LogP contribution in [0.1, 0.15) is 30.3 Å². The molecule has 4 rings (SSSR count). The molecule has 1 aliphatic heterocycles. The van der Waals surface area contributed by atoms with Crippen molar-refractivity contribution in [1.29, 1.82) is 0 Å². The Morgan fingerprint density at radius 3 is 2.68 bits per heavy atom. The average molecular weight is 422 g/mol. The fourth-order valence-electron chi connectivity index (χ4n) is 4.09. The van der Waals surface area contributed by atoms with Gasteiger partial charge in [-0.3, -0.25) is 14.8 Å². The Hall–Kier alpha value is -3.06. The minimum absolute atomic E-state index is 0.112. The van der Waals surface area contributed by atoms with Crippen molar-refractivity contribution < 1.29 is 9.53 Å². The molecule has 2 heterocycles. The first-order valence-corrected chi connectivity index (χ1v) is 11.2. The number of H-pyrrole nitrogens is 1. The number of aromatic nitrogens is 2. The van der Waals surface area contributed by atoms with Gasteiger partial charge >= 0.3 is 0 Å². The van der Waals surface area contributed by atoms with E-state index in [0.717, 1.165) is 62.2 Å². The van der Waals surface area contributed by atoms with Gasteiger partial charge in [-0.15, -0.1) is 0 Å². The summed E-state index contributed by atoms with van der Waals surface area (Å²) >= 11 is 0. The van der Waals surface area contributed by atoms with Crippen LogP contribution < -0.4 is 15.0 Å². The molecule has 2 aromatic carbocycles. The van der Waals surface area contributed by atoms with E-state index in [0.29, 0.717) is 18.8 Å². The fourth-order valence-corrected chi connectivity index (χ4v) is 4.09. The quantitative estimate of drug-likeness (QED) is 0.519. The number of ether oxygens (including phenoxy) is 1. The van der Waals surface area contributed by atoms with Crippen molar-refractivity contribution in [2.75, 3.05) is 50.8 Å². The van der Waals surface area contributed by atoms with Crippen LogP contribution in [-0.4, -0.2) is 66.9 Å². The number of amides is 1. The third-order valence-corrected chi connectivity index (χ3v) is 5.75. The van der Waals surface area contributed by atoms with E-state index in [-0.39, 0.29) is 5.91 Å². The van der Waals surface area contributed by atoms with E-state index in [9.17, 15) is 4.79 Å². The molecule has 0 saturated carbocycles. The summed E-state index contributed by atoms with van der Waals surface area (Å²) in [4.78, 5) is 17.3. The van der Waals surface area contributed by atoms with Gasteiger partial charge in [0.2, 0.25) is 0 Å². The SMILES string of the molecule is CCOc1ccccc1N1CCN(CCCCNC(=O)c2n[nH]c3ccccc23)CC1. The summed E-state index contributed by atoms with van der Waals surface area (Å²) in [6.45, 7) is 8.54. The molecule has 164 valence electrons. The second-order valence-electron chi connectivity index (χ2n) is 7.81. The van der Waals surface area contributed by atoms with Crippen LogP contribution in [0.5, 0.6) is 5.75 Å². The van der Waals surface area contributed by atoms with Gasteiger partial charge in [-0.25, -0.2) is 0 Å². The zero-order chi connectivity index (χ0) is 21.5. The van der Waals surface area contributed by atoms with Gasteiger partial charge < -0.3 is 15.0 Å². The number of carbonyl (C=O) groups excluding carboxylic acids is 1. The number of anilines is 1. The monoisotopic (exact) mass is 421 g/mol. The summed E-state index contributed by atoms with van der Waals surface area (Å²) in [6.07, 6.45) is 2.03. The first kappa shape index (κ1) is 21.2. The lowest BCUT2D eigenvalue weighted by molar-refractivity contribution is 0.0949. The molecule has 0 atom stereocenters. The lowest BCUT2D eigenvalue weighted by atomic mass is 10.2. The highest BCUT2D eigenvalue weighted by atomic mass is 16.5. The Morgan fingerprint density at radius 1 is 1.06 bits per heavy atom. The zero-order valence-corrected chi connectivity index (χ0v) is 18.1.